The average molecular weight is 335 g/mol. The molecule has 0 radical (unpaired) electrons. The Hall–Kier alpha value is -2.99. The Morgan fingerprint density at radius 2 is 1.78 bits per heavy atom. The van der Waals surface area contributed by atoms with E-state index in [9.17, 15) is 19.8 Å². The number of aromatic carboxylic acids is 1. The third-order valence-corrected chi connectivity index (χ3v) is 3.04. The van der Waals surface area contributed by atoms with Crippen molar-refractivity contribution in [2.24, 2.45) is 0 Å². The number of para-hydroxylation sites is 1. The first kappa shape index (κ1) is 16.4. The maximum Gasteiger partial charge on any atom is 0.371 e. The zero-order valence-corrected chi connectivity index (χ0v) is 12.3. The summed E-state index contributed by atoms with van der Waals surface area (Å²) in [6.45, 7) is 0. The number of carboxylic acids is 2. The van der Waals surface area contributed by atoms with Crippen molar-refractivity contribution in [1.82, 2.24) is 0 Å². The highest BCUT2D eigenvalue weighted by atomic mass is 35.5. The Morgan fingerprint density at radius 1 is 1.09 bits per heavy atom. The van der Waals surface area contributed by atoms with Gasteiger partial charge in [-0.25, -0.2) is 9.59 Å². The maximum atomic E-state index is 11.3. The van der Waals surface area contributed by atoms with E-state index < -0.39 is 29.0 Å². The van der Waals surface area contributed by atoms with Crippen molar-refractivity contribution in [2.45, 2.75) is 0 Å². The van der Waals surface area contributed by atoms with E-state index in [1.165, 1.54) is 30.3 Å². The van der Waals surface area contributed by atoms with Crippen LogP contribution in [0.2, 0.25) is 5.02 Å². The number of rotatable bonds is 5. The first-order chi connectivity index (χ1) is 10.9. The minimum atomic E-state index is -1.38. The predicted molar refractivity (Wildman–Crippen MR) is 82.8 cm³/mol. The number of benzene rings is 2. The Morgan fingerprint density at radius 3 is 2.39 bits per heavy atom. The van der Waals surface area contributed by atoms with E-state index in [2.05, 4.69) is 0 Å². The van der Waals surface area contributed by atoms with Gasteiger partial charge in [-0.2, -0.15) is 0 Å². The molecular formula is C16H11ClO6. The van der Waals surface area contributed by atoms with E-state index in [4.69, 9.17) is 21.4 Å². The van der Waals surface area contributed by atoms with E-state index in [0.717, 1.165) is 0 Å². The van der Waals surface area contributed by atoms with Gasteiger partial charge in [-0.3, -0.25) is 0 Å². The van der Waals surface area contributed by atoms with Crippen LogP contribution in [0.1, 0.15) is 15.9 Å². The molecule has 0 atom stereocenters. The molecule has 23 heavy (non-hydrogen) atoms. The molecule has 2 rings (SSSR count). The van der Waals surface area contributed by atoms with Gasteiger partial charge in [0.15, 0.2) is 11.5 Å². The molecule has 3 N–H and O–H groups in total. The standard InChI is InChI=1S/C16H11ClO6/c17-10-4-1-3-9(7-10)8-13(16(21)22)23-12-6-2-5-11(14(12)18)15(19)20/h1-8,18H,(H,19,20)(H,21,22)/b13-8+. The van der Waals surface area contributed by atoms with Crippen LogP contribution in [0, 0.1) is 0 Å². The van der Waals surface area contributed by atoms with Crippen molar-refractivity contribution in [1.29, 1.82) is 0 Å². The Labute approximate surface area is 135 Å². The lowest BCUT2D eigenvalue weighted by Crippen LogP contribution is -2.08. The molecule has 118 valence electrons. The summed E-state index contributed by atoms with van der Waals surface area (Å²) in [6.07, 6.45) is 1.21. The van der Waals surface area contributed by atoms with Crippen LogP contribution >= 0.6 is 11.6 Å². The van der Waals surface area contributed by atoms with E-state index in [0.29, 0.717) is 10.6 Å². The quantitative estimate of drug-likeness (QED) is 0.572. The summed E-state index contributed by atoms with van der Waals surface area (Å²) in [6, 6.07) is 10.2. The molecule has 0 heterocycles. The second-order valence-corrected chi connectivity index (χ2v) is 4.86. The average Bonchev–Trinajstić information content (AvgIpc) is 2.48. The van der Waals surface area contributed by atoms with E-state index in [1.807, 2.05) is 0 Å². The van der Waals surface area contributed by atoms with E-state index in [1.54, 1.807) is 18.2 Å². The molecule has 0 aliphatic carbocycles. The predicted octanol–water partition coefficient (Wildman–Crippen LogP) is 3.25. The number of aliphatic carboxylic acids is 1. The number of hydrogen-bond acceptors (Lipinski definition) is 4. The van der Waals surface area contributed by atoms with Gasteiger partial charge in [-0.15, -0.1) is 0 Å². The van der Waals surface area contributed by atoms with Crippen molar-refractivity contribution in [3.63, 3.8) is 0 Å². The number of hydrogen-bond donors (Lipinski definition) is 3. The van der Waals surface area contributed by atoms with E-state index >= 15 is 0 Å². The molecule has 0 bridgehead atoms. The van der Waals surface area contributed by atoms with Crippen LogP contribution in [-0.4, -0.2) is 27.3 Å². The van der Waals surface area contributed by atoms with Gasteiger partial charge in [0.25, 0.3) is 0 Å². The minimum absolute atomic E-state index is 0.277. The summed E-state index contributed by atoms with van der Waals surface area (Å²) >= 11 is 5.83. The van der Waals surface area contributed by atoms with Crippen molar-refractivity contribution >= 4 is 29.6 Å². The van der Waals surface area contributed by atoms with Gasteiger partial charge in [-0.05, 0) is 35.9 Å². The van der Waals surface area contributed by atoms with Crippen molar-refractivity contribution < 1.29 is 29.6 Å². The second kappa shape index (κ2) is 6.85. The van der Waals surface area contributed by atoms with Crippen LogP contribution < -0.4 is 4.74 Å². The molecule has 0 aromatic heterocycles. The fourth-order valence-electron chi connectivity index (χ4n) is 1.78. The van der Waals surface area contributed by atoms with Gasteiger partial charge in [0.1, 0.15) is 5.56 Å². The van der Waals surface area contributed by atoms with Crippen LogP contribution in [0.15, 0.2) is 48.2 Å². The summed E-state index contributed by atoms with van der Waals surface area (Å²) in [4.78, 5) is 22.3. The fraction of sp³-hybridized carbons (Fsp3) is 0. The zero-order valence-electron chi connectivity index (χ0n) is 11.6. The lowest BCUT2D eigenvalue weighted by Gasteiger charge is -2.09. The van der Waals surface area contributed by atoms with Crippen molar-refractivity contribution in [3.8, 4) is 11.5 Å². The molecule has 0 saturated carbocycles. The molecule has 0 spiro atoms. The van der Waals surface area contributed by atoms with Crippen molar-refractivity contribution in [3.05, 3.63) is 64.4 Å². The molecule has 6 nitrogen and oxygen atoms in total. The molecule has 0 aliphatic heterocycles. The number of carbonyl (C=O) groups is 2. The molecule has 0 saturated heterocycles. The smallest absolute Gasteiger partial charge is 0.371 e. The molecule has 0 aliphatic rings. The summed E-state index contributed by atoms with van der Waals surface area (Å²) < 4.78 is 5.15. The molecule has 0 fully saturated rings. The fourth-order valence-corrected chi connectivity index (χ4v) is 1.98. The Bertz CT molecular complexity index is 797. The van der Waals surface area contributed by atoms with Gasteiger partial charge in [0.05, 0.1) is 0 Å². The van der Waals surface area contributed by atoms with Gasteiger partial charge in [0, 0.05) is 5.02 Å². The second-order valence-electron chi connectivity index (χ2n) is 4.43. The van der Waals surface area contributed by atoms with Gasteiger partial charge >= 0.3 is 11.9 Å². The number of aromatic hydroxyl groups is 1. The van der Waals surface area contributed by atoms with Gasteiger partial charge in [0.2, 0.25) is 5.76 Å². The number of phenols is 1. The summed E-state index contributed by atoms with van der Waals surface area (Å²) in [5, 5.41) is 28.4. The molecule has 7 heteroatoms. The number of halogens is 1. The summed E-state index contributed by atoms with van der Waals surface area (Å²) in [5.74, 6) is -4.17. The Kier molecular flexibility index (Phi) is 4.88. The highest BCUT2D eigenvalue weighted by Gasteiger charge is 2.18. The first-order valence-electron chi connectivity index (χ1n) is 6.32. The SMILES string of the molecule is O=C(O)/C(=C\c1cccc(Cl)c1)Oc1cccc(C(=O)O)c1O. The number of ether oxygens (including phenoxy) is 1. The van der Waals surface area contributed by atoms with Crippen LogP contribution in [0.5, 0.6) is 11.5 Å². The summed E-state index contributed by atoms with van der Waals surface area (Å²) in [7, 11) is 0. The zero-order chi connectivity index (χ0) is 17.0. The largest absolute Gasteiger partial charge is 0.504 e. The molecule has 2 aromatic carbocycles. The molecule has 0 unspecified atom stereocenters. The normalized spacial score (nSPS) is 11.1. The minimum Gasteiger partial charge on any atom is -0.504 e. The maximum absolute atomic E-state index is 11.3. The lowest BCUT2D eigenvalue weighted by molar-refractivity contribution is -0.134. The first-order valence-corrected chi connectivity index (χ1v) is 6.70. The van der Waals surface area contributed by atoms with Crippen LogP contribution in [0.4, 0.5) is 0 Å². The van der Waals surface area contributed by atoms with Gasteiger partial charge in [-0.1, -0.05) is 29.8 Å². The van der Waals surface area contributed by atoms with Crippen LogP contribution in [0.3, 0.4) is 0 Å². The van der Waals surface area contributed by atoms with Gasteiger partial charge < -0.3 is 20.1 Å². The third-order valence-electron chi connectivity index (χ3n) is 2.81. The van der Waals surface area contributed by atoms with Crippen molar-refractivity contribution in [2.75, 3.05) is 0 Å². The summed E-state index contributed by atoms with van der Waals surface area (Å²) in [5.41, 5.74) is 0.0822. The molecule has 0 amide bonds. The van der Waals surface area contributed by atoms with Crippen LogP contribution in [0.25, 0.3) is 6.08 Å². The Balaban J connectivity index is 2.40. The number of carboxylic acid groups (broad SMARTS) is 2. The monoisotopic (exact) mass is 334 g/mol. The highest BCUT2D eigenvalue weighted by Crippen LogP contribution is 2.31. The van der Waals surface area contributed by atoms with Crippen LogP contribution in [-0.2, 0) is 4.79 Å². The topological polar surface area (TPSA) is 104 Å². The molecular weight excluding hydrogens is 324 g/mol. The third kappa shape index (κ3) is 4.02. The lowest BCUT2D eigenvalue weighted by atomic mass is 10.2. The highest BCUT2D eigenvalue weighted by molar-refractivity contribution is 6.30. The molecule has 2 aromatic rings. The van der Waals surface area contributed by atoms with E-state index in [-0.39, 0.29) is 5.75 Å².